The number of rotatable bonds is 3. The molecule has 0 bridgehead atoms. The number of aryl methyl sites for hydroxylation is 1. The van der Waals surface area contributed by atoms with Crippen molar-refractivity contribution >= 4 is 34.8 Å². The van der Waals surface area contributed by atoms with Gasteiger partial charge >= 0.3 is 0 Å². The second-order valence-electron chi connectivity index (χ2n) is 8.43. The van der Waals surface area contributed by atoms with E-state index < -0.39 is 0 Å². The molecule has 0 aromatic heterocycles. The van der Waals surface area contributed by atoms with Crippen LogP contribution < -0.4 is 10.2 Å². The predicted molar refractivity (Wildman–Crippen MR) is 137 cm³/mol. The van der Waals surface area contributed by atoms with Gasteiger partial charge in [0.15, 0.2) is 0 Å². The van der Waals surface area contributed by atoms with Crippen LogP contribution in [0.4, 0.5) is 11.4 Å². The summed E-state index contributed by atoms with van der Waals surface area (Å²) in [6, 6.07) is 28.6. The molecule has 1 aliphatic heterocycles. The van der Waals surface area contributed by atoms with E-state index in [-0.39, 0.29) is 11.8 Å². The maximum atomic E-state index is 13.7. The lowest BCUT2D eigenvalue weighted by atomic mass is 10.0. The molecular formula is C29H23ClN2O2. The van der Waals surface area contributed by atoms with Gasteiger partial charge in [0.1, 0.15) is 0 Å². The molecule has 34 heavy (non-hydrogen) atoms. The van der Waals surface area contributed by atoms with E-state index in [2.05, 4.69) is 23.5 Å². The number of carbonyl (C=O) groups is 2. The van der Waals surface area contributed by atoms with E-state index in [1.165, 1.54) is 5.56 Å². The Morgan fingerprint density at radius 1 is 0.794 bits per heavy atom. The fourth-order valence-corrected chi connectivity index (χ4v) is 4.65. The molecule has 1 heterocycles. The molecule has 0 atom stereocenters. The van der Waals surface area contributed by atoms with E-state index in [0.29, 0.717) is 28.4 Å². The molecule has 2 amide bonds. The van der Waals surface area contributed by atoms with Gasteiger partial charge in [-0.1, -0.05) is 72.3 Å². The van der Waals surface area contributed by atoms with Gasteiger partial charge in [-0.05, 0) is 65.9 Å². The van der Waals surface area contributed by atoms with Crippen LogP contribution in [0, 0.1) is 6.92 Å². The van der Waals surface area contributed by atoms with Crippen molar-refractivity contribution < 1.29 is 9.59 Å². The maximum Gasteiger partial charge on any atom is 0.260 e. The molecule has 4 aromatic rings. The molecule has 1 N–H and O–H groups in total. The van der Waals surface area contributed by atoms with Crippen LogP contribution in [0.2, 0.25) is 5.02 Å². The Hall–Kier alpha value is -3.89. The second-order valence-corrected chi connectivity index (χ2v) is 8.84. The molecule has 5 heteroatoms. The van der Waals surface area contributed by atoms with Gasteiger partial charge in [0.2, 0.25) is 0 Å². The fraction of sp³-hybridized carbons (Fsp3) is 0.103. The first-order valence-electron chi connectivity index (χ1n) is 11.1. The summed E-state index contributed by atoms with van der Waals surface area (Å²) in [5.74, 6) is -0.391. The summed E-state index contributed by atoms with van der Waals surface area (Å²) in [6.07, 6.45) is 0.772. The minimum absolute atomic E-state index is 0.175. The lowest BCUT2D eigenvalue weighted by molar-refractivity contribution is 0.0984. The van der Waals surface area contributed by atoms with Crippen molar-refractivity contribution in [3.63, 3.8) is 0 Å². The molecule has 0 saturated carbocycles. The number of carbonyl (C=O) groups excluding carboxylic acids is 2. The molecule has 0 spiro atoms. The van der Waals surface area contributed by atoms with E-state index in [1.807, 2.05) is 55.5 Å². The third kappa shape index (κ3) is 4.20. The fourth-order valence-electron chi connectivity index (χ4n) is 4.39. The standard InChI is InChI=1S/C29H23ClN2O2/c1-19-8-2-6-12-24(19)28(33)31-23-14-15-25(26(30)17-23)29(34)32-18-22-11-4-3-9-20(22)16-21-10-5-7-13-27(21)32/h2-15,17H,16,18H2,1H3,(H,31,33). The minimum Gasteiger partial charge on any atom is -0.322 e. The summed E-state index contributed by atoms with van der Waals surface area (Å²) in [4.78, 5) is 28.2. The van der Waals surface area contributed by atoms with Crippen molar-refractivity contribution in [2.45, 2.75) is 19.9 Å². The van der Waals surface area contributed by atoms with Gasteiger partial charge in [-0.3, -0.25) is 9.59 Å². The summed E-state index contributed by atoms with van der Waals surface area (Å²) < 4.78 is 0. The van der Waals surface area contributed by atoms with E-state index in [1.54, 1.807) is 29.2 Å². The second kappa shape index (κ2) is 9.16. The molecule has 168 valence electrons. The maximum absolute atomic E-state index is 13.7. The zero-order valence-electron chi connectivity index (χ0n) is 18.7. The first kappa shape index (κ1) is 21.9. The SMILES string of the molecule is Cc1ccccc1C(=O)Nc1ccc(C(=O)N2Cc3ccccc3Cc3ccccc32)c(Cl)c1. The van der Waals surface area contributed by atoms with Gasteiger partial charge in [-0.2, -0.15) is 0 Å². The third-order valence-corrected chi connectivity index (χ3v) is 6.52. The molecule has 0 aliphatic carbocycles. The Morgan fingerprint density at radius 3 is 2.24 bits per heavy atom. The quantitative estimate of drug-likeness (QED) is 0.367. The van der Waals surface area contributed by atoms with Crippen molar-refractivity contribution in [1.82, 2.24) is 0 Å². The van der Waals surface area contributed by atoms with E-state index >= 15 is 0 Å². The number of halogens is 1. The first-order chi connectivity index (χ1) is 16.5. The number of benzene rings is 4. The summed E-state index contributed by atoms with van der Waals surface area (Å²) in [6.45, 7) is 2.36. The highest BCUT2D eigenvalue weighted by molar-refractivity contribution is 6.35. The zero-order valence-corrected chi connectivity index (χ0v) is 19.5. The Morgan fingerprint density at radius 2 is 1.47 bits per heavy atom. The highest BCUT2D eigenvalue weighted by Crippen LogP contribution is 2.33. The monoisotopic (exact) mass is 466 g/mol. The minimum atomic E-state index is -0.216. The highest BCUT2D eigenvalue weighted by atomic mass is 35.5. The molecule has 0 radical (unpaired) electrons. The van der Waals surface area contributed by atoms with Gasteiger partial charge in [-0.15, -0.1) is 0 Å². The lowest BCUT2D eigenvalue weighted by Gasteiger charge is -2.24. The van der Waals surface area contributed by atoms with Crippen LogP contribution in [0.15, 0.2) is 91.0 Å². The summed E-state index contributed by atoms with van der Waals surface area (Å²) in [5, 5.41) is 3.17. The molecule has 1 aliphatic rings. The van der Waals surface area contributed by atoms with Crippen LogP contribution in [0.3, 0.4) is 0 Å². The number of nitrogens with one attached hydrogen (secondary N) is 1. The predicted octanol–water partition coefficient (Wildman–Crippen LogP) is 6.65. The van der Waals surface area contributed by atoms with Gasteiger partial charge in [-0.25, -0.2) is 0 Å². The van der Waals surface area contributed by atoms with Crippen LogP contribution in [0.1, 0.15) is 43.0 Å². The molecule has 4 nitrogen and oxygen atoms in total. The Bertz CT molecular complexity index is 1410. The Balaban J connectivity index is 1.45. The van der Waals surface area contributed by atoms with Gasteiger partial charge in [0.05, 0.1) is 17.1 Å². The Labute approximate surface area is 203 Å². The smallest absolute Gasteiger partial charge is 0.260 e. The number of hydrogen-bond donors (Lipinski definition) is 1. The van der Waals surface area contributed by atoms with Crippen molar-refractivity contribution in [3.05, 3.63) is 129 Å². The largest absolute Gasteiger partial charge is 0.322 e. The van der Waals surface area contributed by atoms with Crippen LogP contribution in [-0.4, -0.2) is 11.8 Å². The lowest BCUT2D eigenvalue weighted by Crippen LogP contribution is -2.30. The van der Waals surface area contributed by atoms with Crippen LogP contribution in [-0.2, 0) is 13.0 Å². The number of fused-ring (bicyclic) bond motifs is 2. The van der Waals surface area contributed by atoms with Gasteiger partial charge in [0, 0.05) is 16.9 Å². The van der Waals surface area contributed by atoms with E-state index in [9.17, 15) is 9.59 Å². The Kier molecular flexibility index (Phi) is 5.91. The van der Waals surface area contributed by atoms with Crippen molar-refractivity contribution in [1.29, 1.82) is 0 Å². The third-order valence-electron chi connectivity index (χ3n) is 6.20. The van der Waals surface area contributed by atoms with Gasteiger partial charge in [0.25, 0.3) is 11.8 Å². The van der Waals surface area contributed by atoms with Gasteiger partial charge < -0.3 is 10.2 Å². The molecule has 4 aromatic carbocycles. The highest BCUT2D eigenvalue weighted by Gasteiger charge is 2.26. The van der Waals surface area contributed by atoms with Crippen LogP contribution >= 0.6 is 11.6 Å². The number of anilines is 2. The molecular weight excluding hydrogens is 444 g/mol. The van der Waals surface area contributed by atoms with Crippen LogP contribution in [0.25, 0.3) is 0 Å². The summed E-state index contributed by atoms with van der Waals surface area (Å²) >= 11 is 6.57. The first-order valence-corrected chi connectivity index (χ1v) is 11.5. The van der Waals surface area contributed by atoms with Crippen molar-refractivity contribution in [3.8, 4) is 0 Å². The normalized spacial score (nSPS) is 12.4. The van der Waals surface area contributed by atoms with E-state index in [4.69, 9.17) is 11.6 Å². The topological polar surface area (TPSA) is 49.4 Å². The average Bonchev–Trinajstić information content (AvgIpc) is 3.01. The molecule has 0 fully saturated rings. The molecule has 5 rings (SSSR count). The number of amides is 2. The summed E-state index contributed by atoms with van der Waals surface area (Å²) in [7, 11) is 0. The van der Waals surface area contributed by atoms with Crippen LogP contribution in [0.5, 0.6) is 0 Å². The van der Waals surface area contributed by atoms with Crippen molar-refractivity contribution in [2.24, 2.45) is 0 Å². The number of nitrogens with zero attached hydrogens (tertiary/aromatic N) is 1. The number of hydrogen-bond acceptors (Lipinski definition) is 2. The summed E-state index contributed by atoms with van der Waals surface area (Å²) in [5.41, 5.74) is 6.73. The van der Waals surface area contributed by atoms with Crippen molar-refractivity contribution in [2.75, 3.05) is 10.2 Å². The molecule has 0 unspecified atom stereocenters. The number of para-hydroxylation sites is 1. The molecule has 0 saturated heterocycles. The average molecular weight is 467 g/mol. The zero-order chi connectivity index (χ0) is 23.7. The van der Waals surface area contributed by atoms with E-state index in [0.717, 1.165) is 28.8 Å².